The third-order valence-electron chi connectivity index (χ3n) is 4.52. The van der Waals surface area contributed by atoms with Crippen LogP contribution in [0.25, 0.3) is 0 Å². The van der Waals surface area contributed by atoms with Crippen LogP contribution in [0.3, 0.4) is 0 Å². The van der Waals surface area contributed by atoms with Crippen molar-refractivity contribution in [3.63, 3.8) is 0 Å². The highest BCUT2D eigenvalue weighted by atomic mass is 32.1. The molecular weight excluding hydrogens is 368 g/mol. The van der Waals surface area contributed by atoms with Gasteiger partial charge in [-0.25, -0.2) is 10.0 Å². The maximum absolute atomic E-state index is 5.61. The van der Waals surface area contributed by atoms with Crippen molar-refractivity contribution in [2.75, 3.05) is 14.2 Å². The van der Waals surface area contributed by atoms with E-state index >= 15 is 0 Å². The summed E-state index contributed by atoms with van der Waals surface area (Å²) in [5, 5.41) is 11.8. The lowest BCUT2D eigenvalue weighted by Crippen LogP contribution is -2.36. The number of methoxy groups -OCH3 is 2. The van der Waals surface area contributed by atoms with Crippen LogP contribution in [0.1, 0.15) is 23.5 Å². The Morgan fingerprint density at radius 2 is 1.12 bits per heavy atom. The fourth-order valence-electron chi connectivity index (χ4n) is 3.37. The molecule has 4 rings (SSSR count). The van der Waals surface area contributed by atoms with E-state index in [9.17, 15) is 0 Å². The first-order chi connectivity index (χ1) is 12.7. The normalized spacial score (nSPS) is 21.3. The van der Waals surface area contributed by atoms with E-state index in [0.717, 1.165) is 22.6 Å². The molecule has 6 nitrogen and oxygen atoms in total. The number of hydrazine groups is 1. The number of benzene rings is 2. The highest BCUT2D eigenvalue weighted by Gasteiger charge is 2.48. The van der Waals surface area contributed by atoms with E-state index in [0.29, 0.717) is 10.2 Å². The van der Waals surface area contributed by atoms with Crippen LogP contribution in [-0.2, 0) is 0 Å². The zero-order valence-corrected chi connectivity index (χ0v) is 15.9. The quantitative estimate of drug-likeness (QED) is 0.778. The van der Waals surface area contributed by atoms with Crippen LogP contribution in [0.5, 0.6) is 11.5 Å². The van der Waals surface area contributed by atoms with E-state index < -0.39 is 0 Å². The van der Waals surface area contributed by atoms with Gasteiger partial charge in [0.1, 0.15) is 11.5 Å². The Balaban J connectivity index is 1.74. The standard InChI is InChI=1S/C18H18N4O2S2/c1-23-13-9-5-3-7-11(13)15-19-17(25)22-16(20-18(26)21(15)22)12-8-4-6-10-14(12)24-2/h3-10,15-16H,1-2H3,(H,19,25)(H,20,26)/t15-,16+. The lowest BCUT2D eigenvalue weighted by molar-refractivity contribution is 0.111. The molecule has 0 aliphatic carbocycles. The second-order valence-corrected chi connectivity index (χ2v) is 6.65. The molecular formula is C18H18N4O2S2. The molecule has 2 fully saturated rings. The fraction of sp³-hybridized carbons (Fsp3) is 0.222. The van der Waals surface area contributed by atoms with Crippen LogP contribution in [0, 0.1) is 0 Å². The molecule has 2 heterocycles. The van der Waals surface area contributed by atoms with Gasteiger partial charge in [-0.05, 0) is 36.6 Å². The molecule has 0 unspecified atom stereocenters. The van der Waals surface area contributed by atoms with E-state index in [1.807, 2.05) is 58.5 Å². The molecule has 2 saturated heterocycles. The lowest BCUT2D eigenvalue weighted by atomic mass is 10.1. The summed E-state index contributed by atoms with van der Waals surface area (Å²) in [6.07, 6.45) is -0.475. The molecule has 2 aliphatic rings. The van der Waals surface area contributed by atoms with Crippen LogP contribution in [0.2, 0.25) is 0 Å². The first kappa shape index (κ1) is 16.9. The van der Waals surface area contributed by atoms with Gasteiger partial charge < -0.3 is 20.1 Å². The summed E-state index contributed by atoms with van der Waals surface area (Å²) in [4.78, 5) is 0. The van der Waals surface area contributed by atoms with Crippen molar-refractivity contribution in [3.8, 4) is 11.5 Å². The maximum Gasteiger partial charge on any atom is 0.192 e. The minimum Gasteiger partial charge on any atom is -0.496 e. The van der Waals surface area contributed by atoms with Crippen LogP contribution in [0.4, 0.5) is 0 Å². The monoisotopic (exact) mass is 386 g/mol. The summed E-state index contributed by atoms with van der Waals surface area (Å²) in [6, 6.07) is 15.7. The zero-order chi connectivity index (χ0) is 18.3. The highest BCUT2D eigenvalue weighted by molar-refractivity contribution is 7.80. The summed E-state index contributed by atoms with van der Waals surface area (Å²) in [5.74, 6) is 1.55. The zero-order valence-electron chi connectivity index (χ0n) is 14.3. The lowest BCUT2D eigenvalue weighted by Gasteiger charge is -2.27. The summed E-state index contributed by atoms with van der Waals surface area (Å²) >= 11 is 11.2. The summed E-state index contributed by atoms with van der Waals surface area (Å²) in [6.45, 7) is 0. The number of nitrogens with one attached hydrogen (secondary N) is 2. The van der Waals surface area contributed by atoms with Crippen molar-refractivity contribution in [2.24, 2.45) is 0 Å². The second-order valence-electron chi connectivity index (χ2n) is 5.88. The Morgan fingerprint density at radius 1 is 0.731 bits per heavy atom. The fourth-order valence-corrected chi connectivity index (χ4v) is 3.98. The predicted octanol–water partition coefficient (Wildman–Crippen LogP) is 2.70. The number of nitrogens with zero attached hydrogens (tertiary/aromatic N) is 2. The first-order valence-electron chi connectivity index (χ1n) is 8.11. The van der Waals surface area contributed by atoms with Crippen molar-refractivity contribution in [3.05, 3.63) is 59.7 Å². The number of hydrogen-bond acceptors (Lipinski definition) is 4. The number of fused-ring (bicyclic) bond motifs is 1. The second kappa shape index (κ2) is 6.62. The Bertz CT molecular complexity index is 804. The molecule has 2 N–H and O–H groups in total. The van der Waals surface area contributed by atoms with Crippen molar-refractivity contribution < 1.29 is 9.47 Å². The third-order valence-corrected chi connectivity index (χ3v) is 5.13. The molecule has 0 saturated carbocycles. The number of hydrogen-bond donors (Lipinski definition) is 2. The Morgan fingerprint density at radius 3 is 1.50 bits per heavy atom. The Hall–Kier alpha value is -2.58. The van der Waals surface area contributed by atoms with Gasteiger partial charge in [0.2, 0.25) is 0 Å². The molecule has 2 aromatic rings. The first-order valence-corrected chi connectivity index (χ1v) is 8.92. The van der Waals surface area contributed by atoms with Crippen molar-refractivity contribution >= 4 is 34.7 Å². The van der Waals surface area contributed by atoms with Crippen LogP contribution < -0.4 is 20.1 Å². The van der Waals surface area contributed by atoms with Gasteiger partial charge in [0.25, 0.3) is 0 Å². The molecule has 26 heavy (non-hydrogen) atoms. The topological polar surface area (TPSA) is 49.0 Å². The molecule has 0 bridgehead atoms. The van der Waals surface area contributed by atoms with E-state index in [2.05, 4.69) is 10.6 Å². The van der Waals surface area contributed by atoms with E-state index in [1.54, 1.807) is 14.2 Å². The molecule has 2 aromatic carbocycles. The third kappa shape index (κ3) is 2.53. The van der Waals surface area contributed by atoms with Crippen molar-refractivity contribution in [1.82, 2.24) is 20.7 Å². The predicted molar refractivity (Wildman–Crippen MR) is 107 cm³/mol. The molecule has 0 aromatic heterocycles. The van der Waals surface area contributed by atoms with Gasteiger partial charge in [0.05, 0.1) is 14.2 Å². The van der Waals surface area contributed by atoms with Gasteiger partial charge >= 0.3 is 0 Å². The van der Waals surface area contributed by atoms with Crippen molar-refractivity contribution in [2.45, 2.75) is 12.3 Å². The molecule has 8 heteroatoms. The van der Waals surface area contributed by atoms with Gasteiger partial charge in [0, 0.05) is 11.1 Å². The molecule has 2 aliphatic heterocycles. The van der Waals surface area contributed by atoms with E-state index in [4.69, 9.17) is 33.9 Å². The molecule has 134 valence electrons. The average Bonchev–Trinajstić information content (AvgIpc) is 3.20. The number of para-hydroxylation sites is 2. The van der Waals surface area contributed by atoms with Gasteiger partial charge in [0.15, 0.2) is 22.6 Å². The summed E-state index contributed by atoms with van der Waals surface area (Å²) in [5.41, 5.74) is 1.93. The van der Waals surface area contributed by atoms with E-state index in [1.165, 1.54) is 0 Å². The van der Waals surface area contributed by atoms with Crippen LogP contribution in [0.15, 0.2) is 48.5 Å². The number of ether oxygens (including phenoxy) is 2. The molecule has 0 spiro atoms. The van der Waals surface area contributed by atoms with Crippen LogP contribution >= 0.6 is 24.4 Å². The molecule has 2 atom stereocenters. The average molecular weight is 387 g/mol. The molecule has 0 amide bonds. The highest BCUT2D eigenvalue weighted by Crippen LogP contribution is 2.41. The maximum atomic E-state index is 5.61. The SMILES string of the molecule is COc1ccccc1[C@H]1NC(=S)N2[C@H](c3ccccc3OC)NC(=S)N12. The minimum absolute atomic E-state index is 0.238. The van der Waals surface area contributed by atoms with Gasteiger partial charge in [-0.3, -0.25) is 0 Å². The number of thiocarbonyl (C=S) groups is 2. The molecule has 0 radical (unpaired) electrons. The number of rotatable bonds is 4. The van der Waals surface area contributed by atoms with Gasteiger partial charge in [-0.1, -0.05) is 36.4 Å². The van der Waals surface area contributed by atoms with Crippen LogP contribution in [-0.4, -0.2) is 34.5 Å². The summed E-state index contributed by atoms with van der Waals surface area (Å²) < 4.78 is 11.0. The van der Waals surface area contributed by atoms with Gasteiger partial charge in [-0.15, -0.1) is 0 Å². The van der Waals surface area contributed by atoms with E-state index in [-0.39, 0.29) is 12.3 Å². The Labute approximate surface area is 162 Å². The summed E-state index contributed by atoms with van der Waals surface area (Å²) in [7, 11) is 3.31. The Kier molecular flexibility index (Phi) is 4.29. The van der Waals surface area contributed by atoms with Crippen molar-refractivity contribution in [1.29, 1.82) is 0 Å². The minimum atomic E-state index is -0.238. The van der Waals surface area contributed by atoms with Gasteiger partial charge in [-0.2, -0.15) is 0 Å². The largest absolute Gasteiger partial charge is 0.496 e. The smallest absolute Gasteiger partial charge is 0.192 e.